The number of likely N-dealkylation sites (N-methyl/N-ethyl adjacent to an activating group) is 2. The van der Waals surface area contributed by atoms with Crippen LogP contribution in [0.1, 0.15) is 65.9 Å². The first-order chi connectivity index (χ1) is 21.9. The van der Waals surface area contributed by atoms with Gasteiger partial charge in [0.05, 0.1) is 42.7 Å². The number of hydrogen-bond donors (Lipinski definition) is 2. The number of methoxy groups -OCH3 is 2. The summed E-state index contributed by atoms with van der Waals surface area (Å²) in [6, 6.07) is 8.39. The number of likely N-dealkylation sites (tertiary alicyclic amines) is 1. The van der Waals surface area contributed by atoms with Crippen LogP contribution < -0.4 is 10.6 Å². The molecule has 2 rings (SSSR count). The topological polar surface area (TPSA) is 149 Å². The molecule has 46 heavy (non-hydrogen) atoms. The van der Waals surface area contributed by atoms with Gasteiger partial charge in [-0.05, 0) is 49.2 Å². The van der Waals surface area contributed by atoms with E-state index in [0.29, 0.717) is 19.4 Å². The molecule has 12 heteroatoms. The average Bonchev–Trinajstić information content (AvgIpc) is 3.53. The second kappa shape index (κ2) is 19.5. The number of carbonyl (C=O) groups excluding carboxylic acids is 3. The van der Waals surface area contributed by atoms with Gasteiger partial charge in [-0.2, -0.15) is 0 Å². The van der Waals surface area contributed by atoms with E-state index in [0.717, 1.165) is 18.4 Å². The highest BCUT2D eigenvalue weighted by molar-refractivity contribution is 5.83. The minimum atomic E-state index is -0.572. The lowest BCUT2D eigenvalue weighted by atomic mass is 9.89. The van der Waals surface area contributed by atoms with Crippen molar-refractivity contribution in [2.24, 2.45) is 22.9 Å². The number of nitrogens with zero attached hydrogens (tertiary/aromatic N) is 5. The van der Waals surface area contributed by atoms with Crippen molar-refractivity contribution in [2.75, 3.05) is 41.4 Å². The van der Waals surface area contributed by atoms with Crippen LogP contribution in [0.15, 0.2) is 35.4 Å². The molecule has 1 aliphatic heterocycles. The molecule has 0 aliphatic carbocycles. The Balaban J connectivity index is 2.22. The molecule has 0 spiro atoms. The standard InChI is InChI=1S/C34H57N7O5/c1-10-23(4)31(40(7)34(44)30(36-6)22(2)3)28(45-8)20-29(42)41-18-14-17-27(41)32(46-9)24(5)33(43)38-26(21-37-39-35)19-25-15-12-11-13-16-25/h11-13,15-16,22-24,26-28,30-32,36H,10,14,17-21H2,1-9H3,(H,38,43)/t23-,24+,26-,27-,28+,30-,31-,32+/m0/s1. The highest BCUT2D eigenvalue weighted by Crippen LogP contribution is 2.29. The third kappa shape index (κ3) is 10.4. The Morgan fingerprint density at radius 2 is 1.80 bits per heavy atom. The van der Waals surface area contributed by atoms with Gasteiger partial charge in [0.1, 0.15) is 0 Å². The number of rotatable bonds is 19. The molecule has 0 radical (unpaired) electrons. The van der Waals surface area contributed by atoms with E-state index in [4.69, 9.17) is 15.0 Å². The van der Waals surface area contributed by atoms with E-state index in [-0.39, 0.29) is 66.7 Å². The number of carbonyl (C=O) groups is 3. The molecule has 8 atom stereocenters. The summed E-state index contributed by atoms with van der Waals surface area (Å²) in [6.45, 7) is 10.7. The van der Waals surface area contributed by atoms with Crippen molar-refractivity contribution in [3.8, 4) is 0 Å². The van der Waals surface area contributed by atoms with E-state index in [2.05, 4.69) is 34.5 Å². The number of nitrogens with one attached hydrogen (secondary N) is 2. The van der Waals surface area contributed by atoms with Gasteiger partial charge in [-0.25, -0.2) is 0 Å². The van der Waals surface area contributed by atoms with Gasteiger partial charge in [-0.3, -0.25) is 14.4 Å². The van der Waals surface area contributed by atoms with Crippen LogP contribution in [0.2, 0.25) is 0 Å². The van der Waals surface area contributed by atoms with Crippen molar-refractivity contribution in [1.82, 2.24) is 20.4 Å². The Hall–Kier alpha value is -3.18. The van der Waals surface area contributed by atoms with E-state index < -0.39 is 18.1 Å². The van der Waals surface area contributed by atoms with Crippen LogP contribution in [-0.2, 0) is 30.3 Å². The SMILES string of the molecule is CC[C@H](C)[C@@H]([C@@H](CC(=O)N1CCC[C@H]1[C@H](OC)[C@@H](C)C(=O)N[C@H](CN=[N+]=[N-])Cc1ccccc1)OC)N(C)C(=O)[C@@H](NC)C(C)C. The second-order valence-electron chi connectivity index (χ2n) is 12.9. The Labute approximate surface area is 275 Å². The van der Waals surface area contributed by atoms with Gasteiger partial charge in [-0.15, -0.1) is 0 Å². The van der Waals surface area contributed by atoms with Crippen LogP contribution in [0, 0.1) is 17.8 Å². The van der Waals surface area contributed by atoms with E-state index in [1.807, 2.05) is 56.0 Å². The zero-order valence-electron chi connectivity index (χ0n) is 29.3. The highest BCUT2D eigenvalue weighted by Gasteiger charge is 2.42. The first-order valence-corrected chi connectivity index (χ1v) is 16.6. The molecule has 12 nitrogen and oxygen atoms in total. The number of ether oxygens (including phenoxy) is 2. The normalized spacial score (nSPS) is 19.3. The third-order valence-electron chi connectivity index (χ3n) is 9.54. The molecule has 0 unspecified atom stereocenters. The Morgan fingerprint density at radius 3 is 2.35 bits per heavy atom. The fourth-order valence-corrected chi connectivity index (χ4v) is 6.80. The molecule has 1 aromatic carbocycles. The van der Waals surface area contributed by atoms with Crippen molar-refractivity contribution in [1.29, 1.82) is 0 Å². The predicted molar refractivity (Wildman–Crippen MR) is 180 cm³/mol. The number of benzene rings is 1. The molecule has 0 saturated carbocycles. The molecule has 1 saturated heterocycles. The molecular formula is C34H57N7O5. The lowest BCUT2D eigenvalue weighted by Gasteiger charge is -2.40. The molecule has 0 bridgehead atoms. The van der Waals surface area contributed by atoms with E-state index in [1.165, 1.54) is 0 Å². The predicted octanol–water partition coefficient (Wildman–Crippen LogP) is 4.19. The Bertz CT molecular complexity index is 1150. The molecule has 258 valence electrons. The second-order valence-corrected chi connectivity index (χ2v) is 12.9. The number of amides is 3. The van der Waals surface area contributed by atoms with Crippen LogP contribution in [-0.4, -0.2) is 105 Å². The first-order valence-electron chi connectivity index (χ1n) is 16.6. The lowest BCUT2D eigenvalue weighted by molar-refractivity contribution is -0.147. The van der Waals surface area contributed by atoms with Gasteiger partial charge >= 0.3 is 0 Å². The summed E-state index contributed by atoms with van der Waals surface area (Å²) in [7, 11) is 6.75. The summed E-state index contributed by atoms with van der Waals surface area (Å²) in [5.41, 5.74) is 9.93. The summed E-state index contributed by atoms with van der Waals surface area (Å²) in [4.78, 5) is 47.5. The van der Waals surface area contributed by atoms with Crippen LogP contribution in [0.3, 0.4) is 0 Å². The molecule has 1 heterocycles. The number of azide groups is 1. The van der Waals surface area contributed by atoms with Crippen molar-refractivity contribution in [3.63, 3.8) is 0 Å². The van der Waals surface area contributed by atoms with Crippen molar-refractivity contribution in [2.45, 2.75) is 103 Å². The summed E-state index contributed by atoms with van der Waals surface area (Å²) in [5.74, 6) is -0.716. The smallest absolute Gasteiger partial charge is 0.240 e. The molecule has 3 amide bonds. The van der Waals surface area contributed by atoms with Crippen LogP contribution in [0.4, 0.5) is 0 Å². The molecule has 0 aromatic heterocycles. The highest BCUT2D eigenvalue weighted by atomic mass is 16.5. The maximum atomic E-state index is 14.0. The van der Waals surface area contributed by atoms with Crippen LogP contribution in [0.5, 0.6) is 0 Å². The van der Waals surface area contributed by atoms with Crippen molar-refractivity contribution < 1.29 is 23.9 Å². The average molecular weight is 644 g/mol. The maximum absolute atomic E-state index is 14.0. The minimum absolute atomic E-state index is 0.0262. The minimum Gasteiger partial charge on any atom is -0.379 e. The van der Waals surface area contributed by atoms with E-state index in [1.54, 1.807) is 33.2 Å². The lowest BCUT2D eigenvalue weighted by Crippen LogP contribution is -2.56. The van der Waals surface area contributed by atoms with Gasteiger partial charge in [0.15, 0.2) is 0 Å². The monoisotopic (exact) mass is 643 g/mol. The van der Waals surface area contributed by atoms with Crippen molar-refractivity contribution >= 4 is 17.7 Å². The van der Waals surface area contributed by atoms with Crippen molar-refractivity contribution in [3.05, 3.63) is 46.3 Å². The summed E-state index contributed by atoms with van der Waals surface area (Å²) >= 11 is 0. The first kappa shape index (κ1) is 39.0. The summed E-state index contributed by atoms with van der Waals surface area (Å²) in [6.07, 6.45) is 1.89. The number of hydrogen-bond acceptors (Lipinski definition) is 7. The van der Waals surface area contributed by atoms with Gasteiger partial charge in [-0.1, -0.05) is 76.5 Å². The van der Waals surface area contributed by atoms with Gasteiger partial charge in [0.25, 0.3) is 0 Å². The molecular weight excluding hydrogens is 586 g/mol. The third-order valence-corrected chi connectivity index (χ3v) is 9.54. The fourth-order valence-electron chi connectivity index (χ4n) is 6.80. The van der Waals surface area contributed by atoms with Crippen LogP contribution >= 0.6 is 0 Å². The summed E-state index contributed by atoms with van der Waals surface area (Å²) < 4.78 is 11.9. The Morgan fingerprint density at radius 1 is 1.13 bits per heavy atom. The maximum Gasteiger partial charge on any atom is 0.240 e. The van der Waals surface area contributed by atoms with Gasteiger partial charge in [0.2, 0.25) is 17.7 Å². The molecule has 2 N–H and O–H groups in total. The van der Waals surface area contributed by atoms with Gasteiger partial charge in [0, 0.05) is 45.3 Å². The van der Waals surface area contributed by atoms with Gasteiger partial charge < -0.3 is 29.9 Å². The zero-order valence-corrected chi connectivity index (χ0v) is 29.3. The quantitative estimate of drug-likeness (QED) is 0.131. The zero-order chi connectivity index (χ0) is 34.4. The van der Waals surface area contributed by atoms with Crippen LogP contribution in [0.25, 0.3) is 10.4 Å². The summed E-state index contributed by atoms with van der Waals surface area (Å²) in [5, 5.41) is 9.91. The molecule has 1 aliphatic rings. The largest absolute Gasteiger partial charge is 0.379 e. The molecule has 1 aromatic rings. The Kier molecular flexibility index (Phi) is 16.5. The molecule has 1 fully saturated rings. The fraction of sp³-hybridized carbons (Fsp3) is 0.735. The van der Waals surface area contributed by atoms with E-state index >= 15 is 0 Å². The van der Waals surface area contributed by atoms with E-state index in [9.17, 15) is 14.4 Å².